The third kappa shape index (κ3) is 3.11. The monoisotopic (exact) mass is 275 g/mol. The average molecular weight is 276 g/mol. The van der Waals surface area contributed by atoms with Crippen molar-refractivity contribution < 1.29 is 0 Å². The molecule has 1 aromatic heterocycles. The summed E-state index contributed by atoms with van der Waals surface area (Å²) in [6, 6.07) is 7.53. The molecule has 2 rings (SSSR count). The van der Waals surface area contributed by atoms with Crippen molar-refractivity contribution in [3.8, 4) is 11.8 Å². The van der Waals surface area contributed by atoms with Gasteiger partial charge in [-0.3, -0.25) is 0 Å². The van der Waals surface area contributed by atoms with E-state index in [4.69, 9.17) is 16.9 Å². The van der Waals surface area contributed by atoms with Gasteiger partial charge < -0.3 is 5.32 Å². The van der Waals surface area contributed by atoms with Crippen molar-refractivity contribution in [2.24, 2.45) is 0 Å². The minimum Gasteiger partial charge on any atom is -0.309 e. The zero-order valence-electron chi connectivity index (χ0n) is 10.8. The molecular formula is C13H14ClN5. The van der Waals surface area contributed by atoms with Crippen molar-refractivity contribution in [1.82, 2.24) is 20.3 Å². The first kappa shape index (κ1) is 13.5. The molecule has 0 fully saturated rings. The number of aromatic nitrogens is 3. The van der Waals surface area contributed by atoms with Crippen LogP contribution in [-0.4, -0.2) is 21.0 Å². The first-order valence-electron chi connectivity index (χ1n) is 5.95. The van der Waals surface area contributed by atoms with Crippen LogP contribution in [-0.2, 0) is 6.54 Å². The van der Waals surface area contributed by atoms with E-state index in [1.165, 1.54) is 0 Å². The summed E-state index contributed by atoms with van der Waals surface area (Å²) in [6.45, 7) is 4.77. The van der Waals surface area contributed by atoms with Crippen LogP contribution in [0.25, 0.3) is 5.69 Å². The Morgan fingerprint density at radius 3 is 2.95 bits per heavy atom. The smallest absolute Gasteiger partial charge is 0.0992 e. The lowest BCUT2D eigenvalue weighted by atomic mass is 10.2. The van der Waals surface area contributed by atoms with E-state index in [0.717, 1.165) is 5.69 Å². The van der Waals surface area contributed by atoms with Gasteiger partial charge in [-0.15, -0.1) is 5.10 Å². The quantitative estimate of drug-likeness (QED) is 0.930. The van der Waals surface area contributed by atoms with Crippen LogP contribution in [0.1, 0.15) is 25.1 Å². The van der Waals surface area contributed by atoms with Crippen molar-refractivity contribution >= 4 is 11.6 Å². The highest BCUT2D eigenvalue weighted by Crippen LogP contribution is 2.22. The topological polar surface area (TPSA) is 66.5 Å². The molecule has 0 amide bonds. The molecule has 0 radical (unpaired) electrons. The van der Waals surface area contributed by atoms with Gasteiger partial charge in [0.05, 0.1) is 34.2 Å². The van der Waals surface area contributed by atoms with Crippen molar-refractivity contribution in [2.45, 2.75) is 26.4 Å². The summed E-state index contributed by atoms with van der Waals surface area (Å²) in [7, 11) is 0. The Morgan fingerprint density at radius 1 is 1.47 bits per heavy atom. The third-order valence-electron chi connectivity index (χ3n) is 2.61. The molecular weight excluding hydrogens is 262 g/mol. The van der Waals surface area contributed by atoms with Crippen LogP contribution >= 0.6 is 11.6 Å². The fraction of sp³-hybridized carbons (Fsp3) is 0.308. The number of halogens is 1. The van der Waals surface area contributed by atoms with Crippen LogP contribution in [0.3, 0.4) is 0 Å². The summed E-state index contributed by atoms with van der Waals surface area (Å²) in [4.78, 5) is 0. The summed E-state index contributed by atoms with van der Waals surface area (Å²) in [5.74, 6) is 0. The molecule has 0 unspecified atom stereocenters. The van der Waals surface area contributed by atoms with Gasteiger partial charge in [-0.1, -0.05) is 30.7 Å². The molecule has 0 spiro atoms. The summed E-state index contributed by atoms with van der Waals surface area (Å²) < 4.78 is 1.65. The molecule has 0 aliphatic carbocycles. The number of hydrogen-bond donors (Lipinski definition) is 1. The number of nitriles is 1. The van der Waals surface area contributed by atoms with Crippen molar-refractivity contribution in [1.29, 1.82) is 5.26 Å². The maximum Gasteiger partial charge on any atom is 0.0992 e. The lowest BCUT2D eigenvalue weighted by Crippen LogP contribution is -2.23. The molecule has 6 heteroatoms. The second-order valence-corrected chi connectivity index (χ2v) is 4.86. The Bertz CT molecular complexity index is 612. The van der Waals surface area contributed by atoms with Crippen LogP contribution in [0.4, 0.5) is 0 Å². The van der Waals surface area contributed by atoms with E-state index in [2.05, 4.69) is 35.5 Å². The number of benzene rings is 1. The molecule has 1 heterocycles. The Morgan fingerprint density at radius 2 is 2.26 bits per heavy atom. The van der Waals surface area contributed by atoms with Gasteiger partial charge in [-0.05, 0) is 18.2 Å². The third-order valence-corrected chi connectivity index (χ3v) is 2.93. The average Bonchev–Trinajstić information content (AvgIpc) is 2.85. The zero-order valence-corrected chi connectivity index (χ0v) is 11.5. The van der Waals surface area contributed by atoms with Gasteiger partial charge in [0.1, 0.15) is 0 Å². The number of nitrogens with zero attached hydrogens (tertiary/aromatic N) is 4. The number of nitrogens with one attached hydrogen (secondary N) is 1. The Balaban J connectivity index is 2.37. The minimum absolute atomic E-state index is 0.365. The molecule has 0 aliphatic heterocycles. The summed E-state index contributed by atoms with van der Waals surface area (Å²) in [5.41, 5.74) is 2.10. The normalized spacial score (nSPS) is 10.7. The van der Waals surface area contributed by atoms with Crippen LogP contribution in [0.5, 0.6) is 0 Å². The van der Waals surface area contributed by atoms with Gasteiger partial charge in [0.2, 0.25) is 0 Å². The van der Waals surface area contributed by atoms with Crippen LogP contribution < -0.4 is 5.32 Å². The molecule has 5 nitrogen and oxygen atoms in total. The maximum atomic E-state index is 8.95. The van der Waals surface area contributed by atoms with Gasteiger partial charge in [-0.25, -0.2) is 4.68 Å². The summed E-state index contributed by atoms with van der Waals surface area (Å²) >= 11 is 6.16. The van der Waals surface area contributed by atoms with E-state index in [1.54, 1.807) is 29.1 Å². The Kier molecular flexibility index (Phi) is 4.15. The molecule has 0 saturated heterocycles. The highest BCUT2D eigenvalue weighted by Gasteiger charge is 2.11. The first-order valence-corrected chi connectivity index (χ1v) is 6.32. The summed E-state index contributed by atoms with van der Waals surface area (Å²) in [6.07, 6.45) is 1.69. The van der Waals surface area contributed by atoms with Gasteiger partial charge in [0.25, 0.3) is 0 Å². The molecule has 0 saturated carbocycles. The lowest BCUT2D eigenvalue weighted by molar-refractivity contribution is 0.570. The van der Waals surface area contributed by atoms with E-state index in [1.807, 2.05) is 0 Å². The fourth-order valence-electron chi connectivity index (χ4n) is 1.63. The number of hydrogen-bond acceptors (Lipinski definition) is 4. The fourth-order valence-corrected chi connectivity index (χ4v) is 1.83. The molecule has 1 aromatic carbocycles. The SMILES string of the molecule is CC(C)NCc1cnnn1-c1cc(C#N)ccc1Cl. The summed E-state index contributed by atoms with van der Waals surface area (Å²) in [5, 5.41) is 20.7. The largest absolute Gasteiger partial charge is 0.309 e. The van der Waals surface area contributed by atoms with Crippen LogP contribution in [0, 0.1) is 11.3 Å². The van der Waals surface area contributed by atoms with Crippen LogP contribution in [0.2, 0.25) is 5.02 Å². The van der Waals surface area contributed by atoms with E-state index >= 15 is 0 Å². The van der Waals surface area contributed by atoms with E-state index < -0.39 is 0 Å². The Labute approximate surface area is 116 Å². The molecule has 0 bridgehead atoms. The highest BCUT2D eigenvalue weighted by atomic mass is 35.5. The van der Waals surface area contributed by atoms with Crippen LogP contribution in [0.15, 0.2) is 24.4 Å². The first-order chi connectivity index (χ1) is 9.11. The van der Waals surface area contributed by atoms with Crippen molar-refractivity contribution in [3.63, 3.8) is 0 Å². The Hall–Kier alpha value is -1.90. The number of rotatable bonds is 4. The van der Waals surface area contributed by atoms with Gasteiger partial charge in [-0.2, -0.15) is 5.26 Å². The van der Waals surface area contributed by atoms with Gasteiger partial charge in [0, 0.05) is 12.6 Å². The van der Waals surface area contributed by atoms with E-state index in [-0.39, 0.29) is 0 Å². The molecule has 0 atom stereocenters. The zero-order chi connectivity index (χ0) is 13.8. The molecule has 0 aliphatic rings. The molecule has 98 valence electrons. The molecule has 19 heavy (non-hydrogen) atoms. The van der Waals surface area contributed by atoms with E-state index in [0.29, 0.717) is 28.9 Å². The molecule has 1 N–H and O–H groups in total. The van der Waals surface area contributed by atoms with E-state index in [9.17, 15) is 0 Å². The second-order valence-electron chi connectivity index (χ2n) is 4.45. The predicted molar refractivity (Wildman–Crippen MR) is 73.1 cm³/mol. The maximum absolute atomic E-state index is 8.95. The highest BCUT2D eigenvalue weighted by molar-refractivity contribution is 6.32. The van der Waals surface area contributed by atoms with Crippen molar-refractivity contribution in [2.75, 3.05) is 0 Å². The standard InChI is InChI=1S/C13H14ClN5/c1-9(2)16-7-11-8-17-18-19(11)13-5-10(6-15)3-4-12(13)14/h3-5,8-9,16H,7H2,1-2H3. The minimum atomic E-state index is 0.365. The van der Waals surface area contributed by atoms with Gasteiger partial charge in [0.15, 0.2) is 0 Å². The predicted octanol–water partition coefficient (Wildman–Crippen LogP) is 2.29. The molecule has 2 aromatic rings. The lowest BCUT2D eigenvalue weighted by Gasteiger charge is -2.11. The van der Waals surface area contributed by atoms with Crippen molar-refractivity contribution in [3.05, 3.63) is 40.7 Å². The van der Waals surface area contributed by atoms with Gasteiger partial charge >= 0.3 is 0 Å². The second kappa shape index (κ2) is 5.83.